The maximum atomic E-state index is 10.0. The summed E-state index contributed by atoms with van der Waals surface area (Å²) in [6, 6.07) is 2.96. The van der Waals surface area contributed by atoms with Crippen molar-refractivity contribution in [3.63, 3.8) is 0 Å². The molecule has 0 amide bonds. The van der Waals surface area contributed by atoms with Crippen molar-refractivity contribution in [2.24, 2.45) is 0 Å². The molecule has 0 aliphatic rings. The van der Waals surface area contributed by atoms with Crippen LogP contribution in [0.25, 0.3) is 0 Å². The van der Waals surface area contributed by atoms with Crippen LogP contribution in [0.15, 0.2) is 16.5 Å². The Labute approximate surface area is 58.8 Å². The maximum absolute atomic E-state index is 10.0. The predicted octanol–water partition coefficient (Wildman–Crippen LogP) is -0.109. The van der Waals surface area contributed by atoms with Crippen molar-refractivity contribution in [2.75, 3.05) is 5.73 Å². The molecule has 0 fully saturated rings. The Bertz CT molecular complexity index is 341. The first-order valence-corrected chi connectivity index (χ1v) is 3.60. The largest absolute Gasteiger partial charge is 0.441 e. The van der Waals surface area contributed by atoms with Crippen molar-refractivity contribution < 1.29 is 12.8 Å². The molecule has 0 aromatic carbocycles. The minimum absolute atomic E-state index is 0.205. The van der Waals surface area contributed by atoms with Crippen LogP contribution < -0.4 is 5.73 Å². The van der Waals surface area contributed by atoms with Gasteiger partial charge in [0.2, 0.25) is 10.3 Å². The van der Waals surface area contributed by atoms with Crippen LogP contribution >= 0.6 is 0 Å². The van der Waals surface area contributed by atoms with Crippen LogP contribution in [0, 0.1) is 0 Å². The van der Waals surface area contributed by atoms with Gasteiger partial charge in [-0.2, -0.15) is 8.42 Å². The van der Waals surface area contributed by atoms with E-state index in [1.807, 2.05) is 0 Å². The van der Waals surface area contributed by atoms with Crippen LogP contribution in [0.4, 0.5) is 5.88 Å². The lowest BCUT2D eigenvalue weighted by atomic mass is 10.5. The highest BCUT2D eigenvalue weighted by Crippen LogP contribution is 2.05. The van der Waals surface area contributed by atoms with E-state index < -0.39 is 10.3 Å². The lowest BCUT2D eigenvalue weighted by Gasteiger charge is -1.77. The number of nitrogens with two attached hydrogens (primary N) is 1. The molecule has 0 radical (unpaired) electrons. The van der Waals surface area contributed by atoms with Crippen molar-refractivity contribution >= 4 is 21.5 Å². The van der Waals surface area contributed by atoms with Crippen LogP contribution in [-0.2, 0) is 10.3 Å². The summed E-state index contributed by atoms with van der Waals surface area (Å²) in [7, 11) is -2.23. The summed E-state index contributed by atoms with van der Waals surface area (Å²) in [6.07, 6.45) is 0. The number of hydrogen-bond donors (Lipinski definition) is 1. The van der Waals surface area contributed by atoms with E-state index in [-0.39, 0.29) is 11.6 Å². The molecule has 0 aliphatic heterocycles. The first kappa shape index (κ1) is 6.88. The zero-order valence-corrected chi connectivity index (χ0v) is 5.76. The van der Waals surface area contributed by atoms with Crippen LogP contribution in [0.5, 0.6) is 0 Å². The lowest BCUT2D eigenvalue weighted by molar-refractivity contribution is 0.581. The second-order valence-corrected chi connectivity index (χ2v) is 2.38. The minimum atomic E-state index is -2.23. The van der Waals surface area contributed by atoms with Crippen LogP contribution in [0.2, 0.25) is 0 Å². The smallest absolute Gasteiger partial charge is 0.217 e. The summed E-state index contributed by atoms with van der Waals surface area (Å²) in [5.74, 6) is 0.447. The Morgan fingerprint density at radius 1 is 1.50 bits per heavy atom. The summed E-state index contributed by atoms with van der Waals surface area (Å²) in [6.45, 7) is 0. The molecule has 0 unspecified atom stereocenters. The average Bonchev–Trinajstić information content (AvgIpc) is 2.13. The molecular formula is C5H5NO3S. The highest BCUT2D eigenvalue weighted by Gasteiger charge is 1.92. The zero-order valence-electron chi connectivity index (χ0n) is 4.94. The van der Waals surface area contributed by atoms with E-state index in [9.17, 15) is 8.42 Å². The molecule has 5 heteroatoms. The van der Waals surface area contributed by atoms with E-state index in [2.05, 4.69) is 0 Å². The van der Waals surface area contributed by atoms with Crippen molar-refractivity contribution in [1.29, 1.82) is 0 Å². The first-order chi connectivity index (χ1) is 4.68. The third-order valence-electron chi connectivity index (χ3n) is 0.860. The summed E-state index contributed by atoms with van der Waals surface area (Å²) in [5, 5.41) is 0.941. The van der Waals surface area contributed by atoms with Crippen molar-refractivity contribution in [3.8, 4) is 0 Å². The van der Waals surface area contributed by atoms with Crippen LogP contribution in [0.3, 0.4) is 0 Å². The Morgan fingerprint density at radius 2 is 2.20 bits per heavy atom. The molecule has 2 N–H and O–H groups in total. The Hall–Kier alpha value is -1.23. The topological polar surface area (TPSA) is 73.3 Å². The molecule has 0 spiro atoms. The summed E-state index contributed by atoms with van der Waals surface area (Å²) >= 11 is 0. The molecular weight excluding hydrogens is 154 g/mol. The van der Waals surface area contributed by atoms with E-state index in [1.54, 1.807) is 0 Å². The number of rotatable bonds is 1. The molecule has 0 saturated heterocycles. The Kier molecular flexibility index (Phi) is 1.77. The molecule has 54 valence electrons. The number of nitrogen functional groups attached to an aromatic ring is 1. The van der Waals surface area contributed by atoms with Gasteiger partial charge in [0, 0.05) is 6.07 Å². The number of hydrogen-bond acceptors (Lipinski definition) is 4. The third kappa shape index (κ3) is 1.63. The van der Waals surface area contributed by atoms with Gasteiger partial charge in [-0.15, -0.1) is 0 Å². The molecule has 1 rings (SSSR count). The van der Waals surface area contributed by atoms with Crippen LogP contribution in [-0.4, -0.2) is 13.8 Å². The molecule has 0 atom stereocenters. The van der Waals surface area contributed by atoms with Gasteiger partial charge in [0.25, 0.3) is 0 Å². The SMILES string of the molecule is Nc1ccc(C=S(=O)=O)o1. The van der Waals surface area contributed by atoms with E-state index in [0.717, 1.165) is 5.37 Å². The van der Waals surface area contributed by atoms with Gasteiger partial charge in [-0.25, -0.2) is 0 Å². The third-order valence-corrected chi connectivity index (χ3v) is 1.28. The second kappa shape index (κ2) is 2.57. The molecule has 0 saturated carbocycles. The van der Waals surface area contributed by atoms with Crippen molar-refractivity contribution in [2.45, 2.75) is 0 Å². The van der Waals surface area contributed by atoms with Crippen molar-refractivity contribution in [3.05, 3.63) is 17.9 Å². The normalized spacial score (nSPS) is 9.20. The summed E-state index contributed by atoms with van der Waals surface area (Å²) in [4.78, 5) is 0. The molecule has 1 aromatic heterocycles. The molecule has 10 heavy (non-hydrogen) atoms. The predicted molar refractivity (Wildman–Crippen MR) is 37.2 cm³/mol. The fourth-order valence-corrected chi connectivity index (χ4v) is 0.843. The van der Waals surface area contributed by atoms with Gasteiger partial charge in [-0.05, 0) is 6.07 Å². The Morgan fingerprint density at radius 3 is 2.60 bits per heavy atom. The minimum Gasteiger partial charge on any atom is -0.441 e. The highest BCUT2D eigenvalue weighted by atomic mass is 32.2. The quantitative estimate of drug-likeness (QED) is 0.580. The monoisotopic (exact) mass is 159 g/mol. The summed E-state index contributed by atoms with van der Waals surface area (Å²) < 4.78 is 24.8. The molecule has 0 aliphatic carbocycles. The van der Waals surface area contributed by atoms with Gasteiger partial charge in [-0.1, -0.05) is 0 Å². The lowest BCUT2D eigenvalue weighted by Crippen LogP contribution is -1.78. The maximum Gasteiger partial charge on any atom is 0.217 e. The molecule has 1 heterocycles. The zero-order chi connectivity index (χ0) is 7.56. The van der Waals surface area contributed by atoms with E-state index in [4.69, 9.17) is 10.2 Å². The highest BCUT2D eigenvalue weighted by molar-refractivity contribution is 7.71. The number of anilines is 1. The molecule has 0 bridgehead atoms. The summed E-state index contributed by atoms with van der Waals surface area (Å²) in [5.41, 5.74) is 5.17. The Balaban J connectivity index is 3.09. The van der Waals surface area contributed by atoms with Gasteiger partial charge in [0.05, 0.1) is 0 Å². The van der Waals surface area contributed by atoms with Gasteiger partial charge in [0.1, 0.15) is 11.1 Å². The fraction of sp³-hybridized carbons (Fsp3) is 0. The van der Waals surface area contributed by atoms with E-state index in [1.165, 1.54) is 12.1 Å². The van der Waals surface area contributed by atoms with E-state index >= 15 is 0 Å². The van der Waals surface area contributed by atoms with Gasteiger partial charge < -0.3 is 10.2 Å². The molecule has 1 aromatic rings. The first-order valence-electron chi connectivity index (χ1n) is 2.47. The van der Waals surface area contributed by atoms with Gasteiger partial charge in [-0.3, -0.25) is 0 Å². The number of furan rings is 1. The van der Waals surface area contributed by atoms with Crippen molar-refractivity contribution in [1.82, 2.24) is 0 Å². The standard InChI is InChI=1S/C5H5NO3S/c6-5-2-1-4(9-5)3-10(7)8/h1-3H,6H2. The fourth-order valence-electron chi connectivity index (χ4n) is 0.527. The van der Waals surface area contributed by atoms with Gasteiger partial charge in [0.15, 0.2) is 5.88 Å². The van der Waals surface area contributed by atoms with E-state index in [0.29, 0.717) is 0 Å². The average molecular weight is 159 g/mol. The molecule has 4 nitrogen and oxygen atoms in total. The van der Waals surface area contributed by atoms with Crippen LogP contribution in [0.1, 0.15) is 5.76 Å². The second-order valence-electron chi connectivity index (χ2n) is 1.62. The van der Waals surface area contributed by atoms with Gasteiger partial charge >= 0.3 is 0 Å².